The number of halogens is 1. The summed E-state index contributed by atoms with van der Waals surface area (Å²) in [4.78, 5) is 12.3. The summed E-state index contributed by atoms with van der Waals surface area (Å²) in [6.07, 6.45) is 3.69. The van der Waals surface area contributed by atoms with Crippen molar-refractivity contribution in [3.8, 4) is 0 Å². The lowest BCUT2D eigenvalue weighted by molar-refractivity contribution is -0.121. The van der Waals surface area contributed by atoms with Crippen LogP contribution in [0.3, 0.4) is 0 Å². The van der Waals surface area contributed by atoms with Gasteiger partial charge in [0.1, 0.15) is 0 Å². The highest BCUT2D eigenvalue weighted by Crippen LogP contribution is 2.42. The fourth-order valence-electron chi connectivity index (χ4n) is 3.19. The molecule has 0 bridgehead atoms. The van der Waals surface area contributed by atoms with Crippen LogP contribution in [-0.2, 0) is 20.2 Å². The summed E-state index contributed by atoms with van der Waals surface area (Å²) in [6, 6.07) is 8.09. The van der Waals surface area contributed by atoms with E-state index in [2.05, 4.69) is 33.4 Å². The molecule has 1 heterocycles. The highest BCUT2D eigenvalue weighted by Gasteiger charge is 2.40. The Bertz CT molecular complexity index is 701. The van der Waals surface area contributed by atoms with Crippen molar-refractivity contribution in [1.29, 1.82) is 0 Å². The van der Waals surface area contributed by atoms with Crippen LogP contribution < -0.4 is 5.32 Å². The summed E-state index contributed by atoms with van der Waals surface area (Å²) in [6.45, 7) is 0. The third-order valence-electron chi connectivity index (χ3n) is 4.60. The third kappa shape index (κ3) is 4.12. The van der Waals surface area contributed by atoms with Crippen LogP contribution in [0.25, 0.3) is 0 Å². The first-order valence-electron chi connectivity index (χ1n) is 7.78. The van der Waals surface area contributed by atoms with Crippen molar-refractivity contribution in [2.45, 2.75) is 36.5 Å². The van der Waals surface area contributed by atoms with E-state index in [0.29, 0.717) is 12.2 Å². The average Bonchev–Trinajstić information content (AvgIpc) is 2.80. The molecule has 2 fully saturated rings. The lowest BCUT2D eigenvalue weighted by Crippen LogP contribution is -2.51. The molecule has 1 aliphatic heterocycles. The molecule has 23 heavy (non-hydrogen) atoms. The minimum absolute atomic E-state index is 0.000950. The molecule has 0 unspecified atom stereocenters. The van der Waals surface area contributed by atoms with Crippen LogP contribution in [-0.4, -0.2) is 36.8 Å². The van der Waals surface area contributed by atoms with Gasteiger partial charge >= 0.3 is 0 Å². The molecule has 1 N–H and O–H groups in total. The molecule has 4 nitrogen and oxygen atoms in total. The number of benzene rings is 1. The maximum absolute atomic E-state index is 12.3. The molecular weight excluding hydrogens is 398 g/mol. The number of carbonyl (C=O) groups excluding carboxylic acids is 1. The third-order valence-corrected chi connectivity index (χ3v) is 8.38. The number of thioether (sulfide) groups is 1. The minimum Gasteiger partial charge on any atom is -0.346 e. The maximum Gasteiger partial charge on any atom is 0.230 e. The first kappa shape index (κ1) is 17.3. The molecule has 0 aromatic heterocycles. The van der Waals surface area contributed by atoms with Crippen molar-refractivity contribution < 1.29 is 13.2 Å². The summed E-state index contributed by atoms with van der Waals surface area (Å²) in [5, 5.41) is 3.25. The normalized spacial score (nSPS) is 24.8. The number of nitrogens with one attached hydrogen (secondary N) is 1. The molecule has 1 aromatic rings. The lowest BCUT2D eigenvalue weighted by Gasteiger charge is -2.43. The summed E-state index contributed by atoms with van der Waals surface area (Å²) in [5.41, 5.74) is 0.892. The number of hydrogen-bond donors (Lipinski definition) is 1. The van der Waals surface area contributed by atoms with Gasteiger partial charge in [-0.25, -0.2) is 8.42 Å². The Kier molecular flexibility index (Phi) is 5.09. The molecule has 3 rings (SSSR count). The van der Waals surface area contributed by atoms with Crippen molar-refractivity contribution >= 4 is 43.4 Å². The van der Waals surface area contributed by atoms with Crippen molar-refractivity contribution in [3.05, 3.63) is 34.3 Å². The van der Waals surface area contributed by atoms with Crippen molar-refractivity contribution in [2.75, 3.05) is 17.3 Å². The molecule has 7 heteroatoms. The van der Waals surface area contributed by atoms with Gasteiger partial charge in [-0.2, -0.15) is 0 Å². The topological polar surface area (TPSA) is 63.2 Å². The van der Waals surface area contributed by atoms with Gasteiger partial charge in [0.15, 0.2) is 9.84 Å². The van der Waals surface area contributed by atoms with E-state index in [0.717, 1.165) is 29.3 Å². The van der Waals surface area contributed by atoms with Crippen LogP contribution >= 0.6 is 27.7 Å². The fraction of sp³-hybridized carbons (Fsp3) is 0.562. The highest BCUT2D eigenvalue weighted by molar-refractivity contribution is 9.10. The van der Waals surface area contributed by atoms with Gasteiger partial charge in [0.2, 0.25) is 5.91 Å². The zero-order valence-corrected chi connectivity index (χ0v) is 16.0. The van der Waals surface area contributed by atoms with Crippen LogP contribution in [0.2, 0.25) is 0 Å². The number of rotatable bonds is 5. The second-order valence-corrected chi connectivity index (χ2v) is 10.8. The van der Waals surface area contributed by atoms with Crippen LogP contribution in [0.4, 0.5) is 0 Å². The summed E-state index contributed by atoms with van der Waals surface area (Å²) in [5.74, 6) is 0.797. The largest absolute Gasteiger partial charge is 0.346 e. The van der Waals surface area contributed by atoms with Crippen molar-refractivity contribution in [3.63, 3.8) is 0 Å². The molecule has 2 aliphatic rings. The standard InChI is InChI=1S/C16H20BrNO3S2/c17-13-4-1-3-12(9-13)16(6-2-7-16)18-15(19)10-22-14-5-8-23(20,21)11-14/h1,3-4,9,14H,2,5-8,10-11H2,(H,18,19)/t14-/m0/s1. The van der Waals surface area contributed by atoms with E-state index in [1.807, 2.05) is 12.1 Å². The van der Waals surface area contributed by atoms with Gasteiger partial charge in [-0.15, -0.1) is 11.8 Å². The SMILES string of the molecule is O=C(CS[C@H]1CCS(=O)(=O)C1)NC1(c2cccc(Br)c2)CCC1. The number of amides is 1. The Labute approximate surface area is 149 Å². The van der Waals surface area contributed by atoms with Gasteiger partial charge in [0, 0.05) is 9.72 Å². The van der Waals surface area contributed by atoms with E-state index < -0.39 is 9.84 Å². The molecule has 126 valence electrons. The predicted octanol–water partition coefficient (Wildman–Crippen LogP) is 2.86. The molecule has 1 amide bonds. The molecule has 1 saturated heterocycles. The van der Waals surface area contributed by atoms with Gasteiger partial charge < -0.3 is 5.32 Å². The predicted molar refractivity (Wildman–Crippen MR) is 97.3 cm³/mol. The average molecular weight is 418 g/mol. The number of carbonyl (C=O) groups is 1. The Morgan fingerprint density at radius 3 is 2.74 bits per heavy atom. The van der Waals surface area contributed by atoms with E-state index >= 15 is 0 Å². The van der Waals surface area contributed by atoms with Gasteiger partial charge in [0.25, 0.3) is 0 Å². The van der Waals surface area contributed by atoms with E-state index in [1.54, 1.807) is 0 Å². The van der Waals surface area contributed by atoms with Crippen molar-refractivity contribution in [1.82, 2.24) is 5.32 Å². The molecule has 1 atom stereocenters. The fourth-order valence-corrected chi connectivity index (χ4v) is 7.03. The Hall–Kier alpha value is -0.530. The van der Waals surface area contributed by atoms with E-state index in [1.165, 1.54) is 11.8 Å². The van der Waals surface area contributed by atoms with E-state index in [-0.39, 0.29) is 28.2 Å². The van der Waals surface area contributed by atoms with Gasteiger partial charge in [0.05, 0.1) is 22.8 Å². The first-order chi connectivity index (χ1) is 10.9. The van der Waals surface area contributed by atoms with Crippen LogP contribution in [0.15, 0.2) is 28.7 Å². The summed E-state index contributed by atoms with van der Waals surface area (Å²) < 4.78 is 24.0. The summed E-state index contributed by atoms with van der Waals surface area (Å²) in [7, 11) is -2.88. The smallest absolute Gasteiger partial charge is 0.230 e. The zero-order chi connectivity index (χ0) is 16.5. The zero-order valence-electron chi connectivity index (χ0n) is 12.8. The quantitative estimate of drug-likeness (QED) is 0.799. The minimum atomic E-state index is -2.88. The Morgan fingerprint density at radius 1 is 1.39 bits per heavy atom. The van der Waals surface area contributed by atoms with E-state index in [9.17, 15) is 13.2 Å². The Balaban J connectivity index is 1.58. The summed E-state index contributed by atoms with van der Waals surface area (Å²) >= 11 is 4.95. The van der Waals surface area contributed by atoms with Crippen LogP contribution in [0, 0.1) is 0 Å². The molecule has 0 radical (unpaired) electrons. The molecular formula is C16H20BrNO3S2. The lowest BCUT2D eigenvalue weighted by atomic mass is 9.72. The highest BCUT2D eigenvalue weighted by atomic mass is 79.9. The van der Waals surface area contributed by atoms with Crippen molar-refractivity contribution in [2.24, 2.45) is 0 Å². The van der Waals surface area contributed by atoms with Gasteiger partial charge in [-0.05, 0) is 43.4 Å². The van der Waals surface area contributed by atoms with E-state index in [4.69, 9.17) is 0 Å². The Morgan fingerprint density at radius 2 is 2.17 bits per heavy atom. The first-order valence-corrected chi connectivity index (χ1v) is 11.4. The van der Waals surface area contributed by atoms with Gasteiger partial charge in [-0.3, -0.25) is 4.79 Å². The van der Waals surface area contributed by atoms with Gasteiger partial charge in [-0.1, -0.05) is 28.1 Å². The maximum atomic E-state index is 12.3. The monoisotopic (exact) mass is 417 g/mol. The number of sulfone groups is 1. The molecule has 0 spiro atoms. The molecule has 1 aromatic carbocycles. The second-order valence-electron chi connectivity index (χ2n) is 6.33. The number of hydrogen-bond acceptors (Lipinski definition) is 4. The molecule has 1 aliphatic carbocycles. The second kappa shape index (κ2) is 6.76. The van der Waals surface area contributed by atoms with Crippen LogP contribution in [0.5, 0.6) is 0 Å². The van der Waals surface area contributed by atoms with Crippen LogP contribution in [0.1, 0.15) is 31.2 Å². The molecule has 1 saturated carbocycles.